The fourth-order valence-corrected chi connectivity index (χ4v) is 4.80. The molecule has 0 aliphatic rings. The van der Waals surface area contributed by atoms with Gasteiger partial charge in [0.1, 0.15) is 5.78 Å². The zero-order chi connectivity index (χ0) is 27.8. The van der Waals surface area contributed by atoms with Crippen LogP contribution >= 0.6 is 21.6 Å². The van der Waals surface area contributed by atoms with Gasteiger partial charge in [0.15, 0.2) is 0 Å². The topological polar surface area (TPSA) is 169 Å². The Labute approximate surface area is 232 Å². The molecule has 4 N–H and O–H groups in total. The van der Waals surface area contributed by atoms with Crippen molar-refractivity contribution in [3.05, 3.63) is 11.9 Å². The lowest BCUT2D eigenvalue weighted by atomic mass is 10.3. The summed E-state index contributed by atoms with van der Waals surface area (Å²) in [4.78, 5) is 34.6. The highest BCUT2D eigenvalue weighted by molar-refractivity contribution is 8.76. The molecule has 1 heterocycles. The molecule has 38 heavy (non-hydrogen) atoms. The smallest absolute Gasteiger partial charge is 0.222 e. The van der Waals surface area contributed by atoms with Crippen LogP contribution < -0.4 is 16.4 Å². The van der Waals surface area contributed by atoms with E-state index in [9.17, 15) is 14.4 Å². The first kappa shape index (κ1) is 34.3. The molecular weight excluding hydrogens is 536 g/mol. The number of ether oxygens (including phenoxy) is 4. The average molecular weight is 579 g/mol. The zero-order valence-electron chi connectivity index (χ0n) is 22.4. The summed E-state index contributed by atoms with van der Waals surface area (Å²) in [5.41, 5.74) is 6.52. The van der Waals surface area contributed by atoms with Crippen LogP contribution in [-0.2, 0) is 39.9 Å². The van der Waals surface area contributed by atoms with Crippen LogP contribution in [0.4, 0.5) is 0 Å². The first-order valence-electron chi connectivity index (χ1n) is 12.6. The number of amides is 2. The van der Waals surface area contributed by atoms with Gasteiger partial charge in [-0.2, -0.15) is 0 Å². The Balaban J connectivity index is 1.77. The zero-order valence-corrected chi connectivity index (χ0v) is 24.0. The molecule has 218 valence electrons. The van der Waals surface area contributed by atoms with Crippen molar-refractivity contribution in [3.8, 4) is 0 Å². The number of aryl methyl sites for hydroxylation is 1. The maximum Gasteiger partial charge on any atom is 0.222 e. The molecule has 1 rings (SSSR count). The molecule has 1 atom stereocenters. The van der Waals surface area contributed by atoms with Gasteiger partial charge in [-0.1, -0.05) is 26.8 Å². The van der Waals surface area contributed by atoms with Crippen LogP contribution in [0, 0.1) is 6.92 Å². The summed E-state index contributed by atoms with van der Waals surface area (Å²) in [7, 11) is 3.02. The van der Waals surface area contributed by atoms with Crippen molar-refractivity contribution in [3.63, 3.8) is 0 Å². The van der Waals surface area contributed by atoms with E-state index in [0.717, 1.165) is 5.69 Å². The summed E-state index contributed by atoms with van der Waals surface area (Å²) >= 11 is 0. The lowest BCUT2D eigenvalue weighted by Gasteiger charge is -2.09. The normalized spacial score (nSPS) is 11.9. The summed E-state index contributed by atoms with van der Waals surface area (Å²) in [6.45, 7) is 8.17. The molecule has 15 heteroatoms. The molecular formula is C23H42N6O7S2. The predicted molar refractivity (Wildman–Crippen MR) is 147 cm³/mol. The van der Waals surface area contributed by atoms with Gasteiger partial charge in [0, 0.05) is 43.6 Å². The van der Waals surface area contributed by atoms with Gasteiger partial charge in [-0.15, -0.1) is 5.10 Å². The van der Waals surface area contributed by atoms with Crippen molar-refractivity contribution in [2.45, 2.75) is 39.3 Å². The van der Waals surface area contributed by atoms with Gasteiger partial charge in [0.25, 0.3) is 0 Å². The molecule has 0 aromatic carbocycles. The van der Waals surface area contributed by atoms with Crippen molar-refractivity contribution >= 4 is 39.2 Å². The van der Waals surface area contributed by atoms with Crippen LogP contribution in [-0.4, -0.2) is 116 Å². The maximum absolute atomic E-state index is 11.8. The van der Waals surface area contributed by atoms with E-state index in [-0.39, 0.29) is 24.0 Å². The van der Waals surface area contributed by atoms with Crippen molar-refractivity contribution in [1.29, 1.82) is 0 Å². The minimum atomic E-state index is -0.450. The fraction of sp³-hybridized carbons (Fsp3) is 0.783. The number of aromatic nitrogens is 3. The number of carbonyl (C=O) groups is 3. The molecule has 0 radical (unpaired) electrons. The number of ketones is 1. The lowest BCUT2D eigenvalue weighted by Crippen LogP contribution is -2.30. The SMILES string of the molecule is CC(=O)[C@@H](N)CSSCCC(=O)NCCOCCOCCC(=O)NCCOCCOCCn1cc(C)nn1. The van der Waals surface area contributed by atoms with Crippen LogP contribution in [0.2, 0.25) is 0 Å². The Morgan fingerprint density at radius 2 is 1.47 bits per heavy atom. The summed E-state index contributed by atoms with van der Waals surface area (Å²) in [5, 5.41) is 13.4. The first-order valence-corrected chi connectivity index (χ1v) is 15.1. The minimum Gasteiger partial charge on any atom is -0.379 e. The van der Waals surface area contributed by atoms with Crippen LogP contribution in [0.5, 0.6) is 0 Å². The maximum atomic E-state index is 11.8. The van der Waals surface area contributed by atoms with E-state index < -0.39 is 6.04 Å². The predicted octanol–water partition coefficient (Wildman–Crippen LogP) is -0.0368. The first-order chi connectivity index (χ1) is 18.4. The van der Waals surface area contributed by atoms with Crippen molar-refractivity contribution in [2.24, 2.45) is 5.73 Å². The van der Waals surface area contributed by atoms with Crippen molar-refractivity contribution in [2.75, 3.05) is 77.5 Å². The number of Topliss-reactive ketones (excluding diaryl/α,β-unsaturated/α-hetero) is 1. The number of nitrogens with one attached hydrogen (secondary N) is 2. The van der Waals surface area contributed by atoms with Gasteiger partial charge in [-0.05, 0) is 13.8 Å². The van der Waals surface area contributed by atoms with Gasteiger partial charge in [-0.25, -0.2) is 4.68 Å². The van der Waals surface area contributed by atoms with Crippen LogP contribution in [0.3, 0.4) is 0 Å². The van der Waals surface area contributed by atoms with Gasteiger partial charge in [0.2, 0.25) is 11.8 Å². The number of nitrogens with zero attached hydrogens (tertiary/aromatic N) is 3. The second kappa shape index (κ2) is 23.2. The molecule has 13 nitrogen and oxygen atoms in total. The molecule has 0 spiro atoms. The molecule has 0 bridgehead atoms. The molecule has 0 saturated heterocycles. The third kappa shape index (κ3) is 20.2. The molecule has 2 amide bonds. The fourth-order valence-electron chi connectivity index (χ4n) is 2.61. The third-order valence-corrected chi connectivity index (χ3v) is 7.18. The Kier molecular flexibility index (Phi) is 20.9. The highest BCUT2D eigenvalue weighted by Crippen LogP contribution is 2.22. The van der Waals surface area contributed by atoms with Crippen LogP contribution in [0.1, 0.15) is 25.5 Å². The number of carbonyl (C=O) groups excluding carboxylic acids is 3. The average Bonchev–Trinajstić information content (AvgIpc) is 3.31. The molecule has 0 aliphatic heterocycles. The summed E-state index contributed by atoms with van der Waals surface area (Å²) in [6.07, 6.45) is 2.51. The number of nitrogens with two attached hydrogens (primary N) is 1. The highest BCUT2D eigenvalue weighted by atomic mass is 33.1. The molecule has 0 saturated carbocycles. The Bertz CT molecular complexity index is 787. The van der Waals surface area contributed by atoms with Gasteiger partial charge in [0.05, 0.1) is 71.1 Å². The van der Waals surface area contributed by atoms with Crippen LogP contribution in [0.25, 0.3) is 0 Å². The lowest BCUT2D eigenvalue weighted by molar-refractivity contribution is -0.122. The second-order valence-electron chi connectivity index (χ2n) is 8.10. The van der Waals surface area contributed by atoms with E-state index in [4.69, 9.17) is 24.7 Å². The standard InChI is InChI=1S/C23H42N6O7S2/c1-19-17-29(28-27-19)7-11-36-15-14-35-9-5-25-22(31)3-8-33-12-13-34-10-6-26-23(32)4-16-37-38-18-21(24)20(2)30/h17,21H,3-16,18,24H2,1-2H3,(H,25,31)(H,26,32)/t21-/m0/s1. The molecule has 0 unspecified atom stereocenters. The Morgan fingerprint density at radius 3 is 2.05 bits per heavy atom. The van der Waals surface area contributed by atoms with Crippen molar-refractivity contribution < 1.29 is 33.3 Å². The van der Waals surface area contributed by atoms with E-state index in [1.807, 2.05) is 13.1 Å². The molecule has 0 fully saturated rings. The summed E-state index contributed by atoms with van der Waals surface area (Å²) in [6, 6.07) is -0.450. The number of hydrogen-bond acceptors (Lipinski definition) is 12. The monoisotopic (exact) mass is 578 g/mol. The van der Waals surface area contributed by atoms with Gasteiger partial charge < -0.3 is 35.3 Å². The van der Waals surface area contributed by atoms with Gasteiger partial charge >= 0.3 is 0 Å². The van der Waals surface area contributed by atoms with E-state index in [0.29, 0.717) is 90.4 Å². The summed E-state index contributed by atoms with van der Waals surface area (Å²) < 4.78 is 23.4. The quantitative estimate of drug-likeness (QED) is 0.105. The van der Waals surface area contributed by atoms with Crippen molar-refractivity contribution in [1.82, 2.24) is 25.6 Å². The van der Waals surface area contributed by atoms with E-state index >= 15 is 0 Å². The second-order valence-corrected chi connectivity index (χ2v) is 10.7. The minimum absolute atomic E-state index is 0.0335. The number of hydrogen-bond donors (Lipinski definition) is 3. The van der Waals surface area contributed by atoms with E-state index in [1.54, 1.807) is 4.68 Å². The van der Waals surface area contributed by atoms with E-state index in [1.165, 1.54) is 28.5 Å². The third-order valence-electron chi connectivity index (χ3n) is 4.74. The molecule has 1 aromatic heterocycles. The molecule has 1 aromatic rings. The largest absolute Gasteiger partial charge is 0.379 e. The highest BCUT2D eigenvalue weighted by Gasteiger charge is 2.08. The molecule has 0 aliphatic carbocycles. The Hall–Kier alpha value is -1.75. The Morgan fingerprint density at radius 1 is 0.895 bits per heavy atom. The van der Waals surface area contributed by atoms with Crippen LogP contribution in [0.15, 0.2) is 6.20 Å². The number of rotatable bonds is 25. The van der Waals surface area contributed by atoms with Gasteiger partial charge in [-0.3, -0.25) is 14.4 Å². The summed E-state index contributed by atoms with van der Waals surface area (Å²) in [5.74, 6) is 1.01. The van der Waals surface area contributed by atoms with E-state index in [2.05, 4.69) is 20.9 Å².